The first kappa shape index (κ1) is 15.7. The van der Waals surface area contributed by atoms with Crippen molar-refractivity contribution in [3.05, 3.63) is 44.8 Å². The molecule has 2 aromatic rings. The third kappa shape index (κ3) is 4.18. The lowest BCUT2D eigenvalue weighted by Gasteiger charge is -2.06. The van der Waals surface area contributed by atoms with Crippen LogP contribution in [0.15, 0.2) is 40.6 Å². The molecule has 0 aliphatic heterocycles. The van der Waals surface area contributed by atoms with E-state index < -0.39 is 10.0 Å². The lowest BCUT2D eigenvalue weighted by molar-refractivity contribution is 0.603. The van der Waals surface area contributed by atoms with Crippen LogP contribution in [0.25, 0.3) is 0 Å². The summed E-state index contributed by atoms with van der Waals surface area (Å²) in [5.41, 5.74) is 0.579. The molecule has 0 atom stereocenters. The highest BCUT2D eigenvalue weighted by Gasteiger charge is 2.16. The molecule has 20 heavy (non-hydrogen) atoms. The van der Waals surface area contributed by atoms with Gasteiger partial charge >= 0.3 is 0 Å². The predicted octanol–water partition coefficient (Wildman–Crippen LogP) is 2.92. The van der Waals surface area contributed by atoms with Crippen molar-refractivity contribution in [1.29, 1.82) is 0 Å². The molecule has 1 aromatic carbocycles. The Morgan fingerprint density at radius 1 is 1.15 bits per heavy atom. The summed E-state index contributed by atoms with van der Waals surface area (Å²) in [6.45, 7) is 0.838. The maximum Gasteiger partial charge on any atom is 0.271 e. The molecule has 0 saturated carbocycles. The van der Waals surface area contributed by atoms with E-state index >= 15 is 0 Å². The summed E-state index contributed by atoms with van der Waals surface area (Å²) >= 11 is 3.49. The molecule has 7 heteroatoms. The van der Waals surface area contributed by atoms with Crippen molar-refractivity contribution in [3.8, 4) is 0 Å². The van der Waals surface area contributed by atoms with Crippen molar-refractivity contribution in [2.24, 2.45) is 0 Å². The molecule has 2 rings (SSSR count). The average Bonchev–Trinajstić information content (AvgIpc) is 2.88. The molecule has 2 N–H and O–H groups in total. The number of rotatable bonds is 6. The highest BCUT2D eigenvalue weighted by Crippen LogP contribution is 2.24. The molecular weight excluding hydrogens is 407 g/mol. The Kier molecular flexibility index (Phi) is 5.42. The first-order valence-corrected chi connectivity index (χ1v) is 9.41. The fourth-order valence-electron chi connectivity index (χ4n) is 1.61. The Labute approximate surface area is 136 Å². The van der Waals surface area contributed by atoms with Gasteiger partial charge in [-0.05, 0) is 79.0 Å². The third-order valence-electron chi connectivity index (χ3n) is 2.62. The van der Waals surface area contributed by atoms with E-state index in [1.807, 2.05) is 25.2 Å². The zero-order chi connectivity index (χ0) is 14.6. The molecule has 0 fully saturated rings. The summed E-state index contributed by atoms with van der Waals surface area (Å²) in [6.07, 6.45) is 0.834. The number of hydrogen-bond acceptors (Lipinski definition) is 4. The van der Waals surface area contributed by atoms with Gasteiger partial charge in [0.25, 0.3) is 10.0 Å². The van der Waals surface area contributed by atoms with Crippen molar-refractivity contribution in [3.63, 3.8) is 0 Å². The van der Waals surface area contributed by atoms with Gasteiger partial charge in [0, 0.05) is 14.1 Å². The van der Waals surface area contributed by atoms with E-state index in [1.54, 1.807) is 18.2 Å². The number of thiophene rings is 1. The third-order valence-corrected chi connectivity index (χ3v) is 6.36. The molecule has 0 spiro atoms. The van der Waals surface area contributed by atoms with E-state index in [4.69, 9.17) is 0 Å². The number of likely N-dealkylation sites (N-methyl/N-ethyl adjacent to an activating group) is 1. The summed E-state index contributed by atoms with van der Waals surface area (Å²) < 4.78 is 28.5. The van der Waals surface area contributed by atoms with E-state index in [2.05, 4.69) is 32.6 Å². The summed E-state index contributed by atoms with van der Waals surface area (Å²) in [6, 6.07) is 10.8. The van der Waals surface area contributed by atoms with Crippen LogP contribution in [0.5, 0.6) is 0 Å². The SMILES string of the molecule is CNCCc1ccc(S(=O)(=O)Nc2ccc(I)cc2)s1. The minimum atomic E-state index is -3.48. The van der Waals surface area contributed by atoms with Gasteiger partial charge in [0.1, 0.15) is 4.21 Å². The number of hydrogen-bond donors (Lipinski definition) is 2. The molecule has 0 saturated heterocycles. The minimum absolute atomic E-state index is 0.349. The van der Waals surface area contributed by atoms with Crippen molar-refractivity contribution in [2.75, 3.05) is 18.3 Å². The molecule has 0 amide bonds. The fourth-order valence-corrected chi connectivity index (χ4v) is 4.38. The number of sulfonamides is 1. The van der Waals surface area contributed by atoms with Crippen LogP contribution < -0.4 is 10.0 Å². The van der Waals surface area contributed by atoms with Gasteiger partial charge in [-0.1, -0.05) is 0 Å². The molecule has 1 heterocycles. The van der Waals surface area contributed by atoms with E-state index in [0.717, 1.165) is 21.4 Å². The molecule has 0 unspecified atom stereocenters. The van der Waals surface area contributed by atoms with Crippen LogP contribution in [0.4, 0.5) is 5.69 Å². The molecule has 0 aliphatic rings. The predicted molar refractivity (Wildman–Crippen MR) is 91.9 cm³/mol. The van der Waals surface area contributed by atoms with E-state index in [0.29, 0.717) is 9.90 Å². The Hall–Kier alpha value is -0.640. The lowest BCUT2D eigenvalue weighted by Crippen LogP contribution is -2.11. The van der Waals surface area contributed by atoms with Crippen molar-refractivity contribution in [1.82, 2.24) is 5.32 Å². The minimum Gasteiger partial charge on any atom is -0.319 e. The second-order valence-corrected chi connectivity index (χ2v) is 8.51. The summed E-state index contributed by atoms with van der Waals surface area (Å²) in [4.78, 5) is 1.06. The fraction of sp³-hybridized carbons (Fsp3) is 0.231. The zero-order valence-electron chi connectivity index (χ0n) is 10.9. The van der Waals surface area contributed by atoms with Gasteiger partial charge in [-0.15, -0.1) is 11.3 Å². The second kappa shape index (κ2) is 6.88. The van der Waals surface area contributed by atoms with Crippen LogP contribution in [-0.2, 0) is 16.4 Å². The van der Waals surface area contributed by atoms with Gasteiger partial charge in [0.15, 0.2) is 0 Å². The van der Waals surface area contributed by atoms with E-state index in [9.17, 15) is 8.42 Å². The van der Waals surface area contributed by atoms with Crippen LogP contribution in [0.2, 0.25) is 0 Å². The Morgan fingerprint density at radius 2 is 1.85 bits per heavy atom. The van der Waals surface area contributed by atoms with Gasteiger partial charge in [-0.25, -0.2) is 8.42 Å². The maximum atomic E-state index is 12.3. The highest BCUT2D eigenvalue weighted by molar-refractivity contribution is 14.1. The first-order valence-electron chi connectivity index (χ1n) is 6.03. The van der Waals surface area contributed by atoms with Gasteiger partial charge < -0.3 is 5.32 Å². The van der Waals surface area contributed by atoms with Crippen LogP contribution in [0.1, 0.15) is 4.88 Å². The maximum absolute atomic E-state index is 12.3. The number of halogens is 1. The van der Waals surface area contributed by atoms with E-state index in [-0.39, 0.29) is 0 Å². The summed E-state index contributed by atoms with van der Waals surface area (Å²) in [7, 11) is -1.61. The Bertz CT molecular complexity index is 666. The molecule has 0 radical (unpaired) electrons. The lowest BCUT2D eigenvalue weighted by atomic mass is 10.3. The average molecular weight is 422 g/mol. The summed E-state index contributed by atoms with van der Waals surface area (Å²) in [5, 5.41) is 3.05. The number of benzene rings is 1. The van der Waals surface area contributed by atoms with Gasteiger partial charge in [0.2, 0.25) is 0 Å². The summed E-state index contributed by atoms with van der Waals surface area (Å²) in [5.74, 6) is 0. The molecular formula is C13H15IN2O2S2. The van der Waals surface area contributed by atoms with Gasteiger partial charge in [-0.3, -0.25) is 4.72 Å². The number of anilines is 1. The molecule has 108 valence electrons. The quantitative estimate of drug-likeness (QED) is 0.704. The van der Waals surface area contributed by atoms with E-state index in [1.165, 1.54) is 11.3 Å². The normalized spacial score (nSPS) is 11.5. The van der Waals surface area contributed by atoms with Gasteiger partial charge in [-0.2, -0.15) is 0 Å². The molecule has 0 bridgehead atoms. The van der Waals surface area contributed by atoms with Crippen molar-refractivity contribution < 1.29 is 8.42 Å². The second-order valence-electron chi connectivity index (χ2n) is 4.19. The van der Waals surface area contributed by atoms with Gasteiger partial charge in [0.05, 0.1) is 0 Å². The largest absolute Gasteiger partial charge is 0.319 e. The van der Waals surface area contributed by atoms with Crippen molar-refractivity contribution >= 4 is 49.6 Å². The Morgan fingerprint density at radius 3 is 2.50 bits per heavy atom. The topological polar surface area (TPSA) is 58.2 Å². The monoisotopic (exact) mass is 422 g/mol. The standard InChI is InChI=1S/C13H15IN2O2S2/c1-15-9-8-12-6-7-13(19-12)20(17,18)16-11-4-2-10(14)3-5-11/h2-7,15-16H,8-9H2,1H3. The Balaban J connectivity index is 2.13. The smallest absolute Gasteiger partial charge is 0.271 e. The highest BCUT2D eigenvalue weighted by atomic mass is 127. The first-order chi connectivity index (χ1) is 9.51. The van der Waals surface area contributed by atoms with Crippen LogP contribution in [0, 0.1) is 3.57 Å². The molecule has 4 nitrogen and oxygen atoms in total. The molecule has 1 aromatic heterocycles. The van der Waals surface area contributed by atoms with Crippen LogP contribution in [-0.4, -0.2) is 22.0 Å². The molecule has 0 aliphatic carbocycles. The van der Waals surface area contributed by atoms with Crippen LogP contribution >= 0.6 is 33.9 Å². The van der Waals surface area contributed by atoms with Crippen molar-refractivity contribution in [2.45, 2.75) is 10.6 Å². The number of nitrogens with one attached hydrogen (secondary N) is 2. The van der Waals surface area contributed by atoms with Crippen LogP contribution in [0.3, 0.4) is 0 Å². The zero-order valence-corrected chi connectivity index (χ0v) is 14.7.